The standard InChI is InChI=1S/C63H122O6/c1-7-59(6)51-45-39-33-29-30-35-41-47-53-62(65)68-56-60(55-67-61(64)52-46-40-34-27-23-19-16-12-14-18-22-26-32-38-44-50-58(4)5)69-63(66)54-48-42-36-28-24-20-15-11-9-8-10-13-17-21-25-31-37-43-49-57(2)3/h57-60H,7-56H2,1-6H3/t59?,60-/m0/s1. The lowest BCUT2D eigenvalue weighted by Crippen LogP contribution is -2.30. The highest BCUT2D eigenvalue weighted by atomic mass is 16.6. The van der Waals surface area contributed by atoms with Crippen LogP contribution in [0, 0.1) is 17.8 Å². The number of unbranched alkanes of at least 4 members (excludes halogenated alkanes) is 38. The molecule has 0 fully saturated rings. The predicted octanol–water partition coefficient (Wildman–Crippen LogP) is 20.7. The summed E-state index contributed by atoms with van der Waals surface area (Å²) in [4.78, 5) is 38.2. The monoisotopic (exact) mass is 975 g/mol. The Morgan fingerprint density at radius 3 is 0.754 bits per heavy atom. The number of esters is 3. The molecule has 0 rings (SSSR count). The molecule has 0 spiro atoms. The summed E-state index contributed by atoms with van der Waals surface area (Å²) in [5.74, 6) is 1.72. The van der Waals surface area contributed by atoms with Gasteiger partial charge in [0.1, 0.15) is 13.2 Å². The molecule has 0 heterocycles. The van der Waals surface area contributed by atoms with E-state index in [4.69, 9.17) is 14.2 Å². The molecule has 1 unspecified atom stereocenters. The van der Waals surface area contributed by atoms with Crippen LogP contribution < -0.4 is 0 Å². The van der Waals surface area contributed by atoms with Crippen LogP contribution in [0.2, 0.25) is 0 Å². The fraction of sp³-hybridized carbons (Fsp3) is 0.952. The normalized spacial score (nSPS) is 12.5. The fourth-order valence-corrected chi connectivity index (χ4v) is 9.67. The second kappa shape index (κ2) is 54.2. The summed E-state index contributed by atoms with van der Waals surface area (Å²) in [6.45, 7) is 13.8. The Balaban J connectivity index is 4.25. The smallest absolute Gasteiger partial charge is 0.306 e. The molecule has 0 N–H and O–H groups in total. The van der Waals surface area contributed by atoms with Crippen molar-refractivity contribution in [2.45, 2.75) is 356 Å². The van der Waals surface area contributed by atoms with Gasteiger partial charge in [0.05, 0.1) is 0 Å². The first-order valence-electron chi connectivity index (χ1n) is 31.1. The van der Waals surface area contributed by atoms with Crippen LogP contribution in [0.4, 0.5) is 0 Å². The average molecular weight is 976 g/mol. The van der Waals surface area contributed by atoms with E-state index >= 15 is 0 Å². The molecule has 0 aliphatic heterocycles. The van der Waals surface area contributed by atoms with Gasteiger partial charge in [-0.2, -0.15) is 0 Å². The Bertz CT molecular complexity index is 1070. The zero-order valence-corrected chi connectivity index (χ0v) is 47.6. The van der Waals surface area contributed by atoms with E-state index in [1.54, 1.807) is 0 Å². The Hall–Kier alpha value is -1.59. The second-order valence-electron chi connectivity index (χ2n) is 22.9. The molecule has 0 aromatic carbocycles. The van der Waals surface area contributed by atoms with Crippen LogP contribution in [0.1, 0.15) is 350 Å². The van der Waals surface area contributed by atoms with Crippen molar-refractivity contribution in [3.05, 3.63) is 0 Å². The fourth-order valence-electron chi connectivity index (χ4n) is 9.67. The number of rotatable bonds is 56. The van der Waals surface area contributed by atoms with Gasteiger partial charge in [0.2, 0.25) is 0 Å². The molecule has 0 aliphatic carbocycles. The van der Waals surface area contributed by atoms with Gasteiger partial charge in [-0.1, -0.05) is 311 Å². The van der Waals surface area contributed by atoms with Gasteiger partial charge in [-0.15, -0.1) is 0 Å². The SMILES string of the molecule is CCC(C)CCCCCCCCCCC(=O)OC[C@H](COC(=O)CCCCCCCCCCCCCCCCCC(C)C)OC(=O)CCCCCCCCCCCCCCCCCCCCC(C)C. The summed E-state index contributed by atoms with van der Waals surface area (Å²) in [5.41, 5.74) is 0. The third-order valence-corrected chi connectivity index (χ3v) is 14.8. The van der Waals surface area contributed by atoms with Crippen molar-refractivity contribution in [1.82, 2.24) is 0 Å². The molecule has 6 heteroatoms. The van der Waals surface area contributed by atoms with Crippen molar-refractivity contribution in [2.75, 3.05) is 13.2 Å². The largest absolute Gasteiger partial charge is 0.462 e. The first-order chi connectivity index (χ1) is 33.6. The van der Waals surface area contributed by atoms with Crippen molar-refractivity contribution in [3.8, 4) is 0 Å². The zero-order chi connectivity index (χ0) is 50.5. The number of carbonyl (C=O) groups excluding carboxylic acids is 3. The van der Waals surface area contributed by atoms with Gasteiger partial charge in [0, 0.05) is 19.3 Å². The Morgan fingerprint density at radius 2 is 0.507 bits per heavy atom. The highest BCUT2D eigenvalue weighted by molar-refractivity contribution is 5.71. The molecule has 0 saturated carbocycles. The summed E-state index contributed by atoms with van der Waals surface area (Å²) in [6, 6.07) is 0. The molecular formula is C63H122O6. The summed E-state index contributed by atoms with van der Waals surface area (Å²) in [6.07, 6.45) is 58.1. The molecule has 0 radical (unpaired) electrons. The lowest BCUT2D eigenvalue weighted by Gasteiger charge is -2.18. The Labute approximate surface area is 431 Å². The molecule has 0 aromatic heterocycles. The third kappa shape index (κ3) is 55.6. The van der Waals surface area contributed by atoms with E-state index in [0.29, 0.717) is 19.3 Å². The molecule has 0 aromatic rings. The Morgan fingerprint density at radius 1 is 0.290 bits per heavy atom. The maximum atomic E-state index is 12.9. The maximum Gasteiger partial charge on any atom is 0.306 e. The van der Waals surface area contributed by atoms with Crippen LogP contribution >= 0.6 is 0 Å². The molecule has 0 saturated heterocycles. The maximum absolute atomic E-state index is 12.9. The lowest BCUT2D eigenvalue weighted by molar-refractivity contribution is -0.167. The van der Waals surface area contributed by atoms with Crippen LogP contribution in [-0.4, -0.2) is 37.2 Å². The molecule has 6 nitrogen and oxygen atoms in total. The van der Waals surface area contributed by atoms with Gasteiger partial charge >= 0.3 is 17.9 Å². The molecule has 0 aliphatic rings. The molecule has 410 valence electrons. The number of hydrogen-bond acceptors (Lipinski definition) is 6. The minimum atomic E-state index is -0.764. The van der Waals surface area contributed by atoms with E-state index < -0.39 is 6.10 Å². The molecule has 0 amide bonds. The molecule has 69 heavy (non-hydrogen) atoms. The quantitative estimate of drug-likeness (QED) is 0.0343. The summed E-state index contributed by atoms with van der Waals surface area (Å²) < 4.78 is 16.9. The molecule has 0 bridgehead atoms. The van der Waals surface area contributed by atoms with Gasteiger partial charge in [-0.05, 0) is 37.0 Å². The van der Waals surface area contributed by atoms with Crippen molar-refractivity contribution >= 4 is 17.9 Å². The average Bonchev–Trinajstić information content (AvgIpc) is 3.32. The third-order valence-electron chi connectivity index (χ3n) is 14.8. The van der Waals surface area contributed by atoms with Gasteiger partial charge in [-0.25, -0.2) is 0 Å². The van der Waals surface area contributed by atoms with Crippen LogP contribution in [-0.2, 0) is 28.6 Å². The van der Waals surface area contributed by atoms with Crippen LogP contribution in [0.15, 0.2) is 0 Å². The van der Waals surface area contributed by atoms with Crippen LogP contribution in [0.25, 0.3) is 0 Å². The van der Waals surface area contributed by atoms with E-state index in [2.05, 4.69) is 41.5 Å². The lowest BCUT2D eigenvalue weighted by atomic mass is 9.99. The van der Waals surface area contributed by atoms with E-state index in [-0.39, 0.29) is 31.1 Å². The highest BCUT2D eigenvalue weighted by Gasteiger charge is 2.19. The van der Waals surface area contributed by atoms with E-state index in [9.17, 15) is 14.4 Å². The van der Waals surface area contributed by atoms with Crippen molar-refractivity contribution in [1.29, 1.82) is 0 Å². The minimum Gasteiger partial charge on any atom is -0.462 e. The minimum absolute atomic E-state index is 0.0632. The van der Waals surface area contributed by atoms with E-state index in [1.165, 1.54) is 231 Å². The van der Waals surface area contributed by atoms with Gasteiger partial charge in [0.15, 0.2) is 6.10 Å². The zero-order valence-electron chi connectivity index (χ0n) is 47.6. The van der Waals surface area contributed by atoms with Crippen LogP contribution in [0.5, 0.6) is 0 Å². The topological polar surface area (TPSA) is 78.9 Å². The van der Waals surface area contributed by atoms with E-state index in [1.807, 2.05) is 0 Å². The first kappa shape index (κ1) is 67.4. The predicted molar refractivity (Wildman–Crippen MR) is 298 cm³/mol. The Kier molecular flexibility index (Phi) is 52.9. The second-order valence-corrected chi connectivity index (χ2v) is 22.9. The molecular weight excluding hydrogens is 853 g/mol. The van der Waals surface area contributed by atoms with Crippen LogP contribution in [0.3, 0.4) is 0 Å². The summed E-state index contributed by atoms with van der Waals surface area (Å²) in [7, 11) is 0. The highest BCUT2D eigenvalue weighted by Crippen LogP contribution is 2.19. The van der Waals surface area contributed by atoms with Gasteiger partial charge in [0.25, 0.3) is 0 Å². The van der Waals surface area contributed by atoms with Crippen molar-refractivity contribution in [2.24, 2.45) is 17.8 Å². The van der Waals surface area contributed by atoms with Crippen molar-refractivity contribution < 1.29 is 28.6 Å². The number of hydrogen-bond donors (Lipinski definition) is 0. The van der Waals surface area contributed by atoms with Crippen molar-refractivity contribution in [3.63, 3.8) is 0 Å². The number of ether oxygens (including phenoxy) is 3. The number of carbonyl (C=O) groups is 3. The molecule has 2 atom stereocenters. The summed E-state index contributed by atoms with van der Waals surface area (Å²) in [5, 5.41) is 0. The van der Waals surface area contributed by atoms with Gasteiger partial charge in [-0.3, -0.25) is 14.4 Å². The summed E-state index contributed by atoms with van der Waals surface area (Å²) >= 11 is 0. The van der Waals surface area contributed by atoms with Gasteiger partial charge < -0.3 is 14.2 Å². The first-order valence-corrected chi connectivity index (χ1v) is 31.1. The van der Waals surface area contributed by atoms with E-state index in [0.717, 1.165) is 75.5 Å².